The number of rotatable bonds is 4. The fraction of sp³-hybridized carbons (Fsp3) is 0.222. The lowest BCUT2D eigenvalue weighted by Crippen LogP contribution is -2.18. The van der Waals surface area contributed by atoms with Gasteiger partial charge in [0.2, 0.25) is 0 Å². The number of nitrogens with one attached hydrogen (secondary N) is 1. The van der Waals surface area contributed by atoms with Gasteiger partial charge in [-0.1, -0.05) is 36.5 Å². The van der Waals surface area contributed by atoms with Gasteiger partial charge in [-0.05, 0) is 18.5 Å². The fourth-order valence-corrected chi connectivity index (χ4v) is 0.633. The van der Waals surface area contributed by atoms with Crippen LogP contribution >= 0.6 is 11.6 Å². The van der Waals surface area contributed by atoms with Crippen LogP contribution in [0.1, 0.15) is 6.92 Å². The maximum atomic E-state index is 10.3. The number of amides is 1. The molecular formula is C9H12ClNO. The Morgan fingerprint density at radius 1 is 1.58 bits per heavy atom. The monoisotopic (exact) mass is 185 g/mol. The summed E-state index contributed by atoms with van der Waals surface area (Å²) in [5, 5.41) is 1.94. The molecule has 0 rings (SSSR count). The molecule has 0 aliphatic rings. The van der Waals surface area contributed by atoms with Crippen LogP contribution < -0.4 is 5.32 Å². The van der Waals surface area contributed by atoms with Crippen LogP contribution in [-0.4, -0.2) is 11.9 Å². The van der Waals surface area contributed by atoms with E-state index in [1.165, 1.54) is 0 Å². The first-order valence-electron chi connectivity index (χ1n) is 3.55. The third-order valence-electron chi connectivity index (χ3n) is 1.13. The molecule has 2 nitrogen and oxygen atoms in total. The summed E-state index contributed by atoms with van der Waals surface area (Å²) in [6.07, 6.45) is 7.23. The van der Waals surface area contributed by atoms with E-state index in [0.29, 0.717) is 6.54 Å². The van der Waals surface area contributed by atoms with Crippen molar-refractivity contribution in [2.75, 3.05) is 6.54 Å². The smallest absolute Gasteiger partial charge is 0.314 e. The van der Waals surface area contributed by atoms with E-state index in [1.54, 1.807) is 6.08 Å². The van der Waals surface area contributed by atoms with Gasteiger partial charge in [0.15, 0.2) is 0 Å². The third kappa shape index (κ3) is 7.09. The molecule has 0 aromatic carbocycles. The lowest BCUT2D eigenvalue weighted by molar-refractivity contribution is 0.260. The van der Waals surface area contributed by atoms with E-state index in [2.05, 4.69) is 11.9 Å². The highest BCUT2D eigenvalue weighted by Gasteiger charge is 1.91. The molecule has 0 bridgehead atoms. The Morgan fingerprint density at radius 3 is 2.75 bits per heavy atom. The Morgan fingerprint density at radius 2 is 2.25 bits per heavy atom. The molecule has 0 radical (unpaired) electrons. The molecule has 0 aliphatic heterocycles. The Balaban J connectivity index is 3.77. The molecule has 0 spiro atoms. The van der Waals surface area contributed by atoms with Crippen molar-refractivity contribution >= 4 is 17.0 Å². The highest BCUT2D eigenvalue weighted by Crippen LogP contribution is 1.91. The van der Waals surface area contributed by atoms with Crippen molar-refractivity contribution in [1.29, 1.82) is 0 Å². The van der Waals surface area contributed by atoms with Crippen LogP contribution in [0.2, 0.25) is 0 Å². The second-order valence-corrected chi connectivity index (χ2v) is 2.60. The fourth-order valence-electron chi connectivity index (χ4n) is 0.566. The van der Waals surface area contributed by atoms with Crippen molar-refractivity contribution in [2.24, 2.45) is 0 Å². The first kappa shape index (κ1) is 11.0. The maximum Gasteiger partial charge on any atom is 0.314 e. The third-order valence-corrected chi connectivity index (χ3v) is 1.27. The minimum Gasteiger partial charge on any atom is -0.339 e. The maximum absolute atomic E-state index is 10.3. The second kappa shape index (κ2) is 6.68. The minimum atomic E-state index is -0.532. The summed E-state index contributed by atoms with van der Waals surface area (Å²) in [7, 11) is 0. The number of hydrogen-bond donors (Lipinski definition) is 1. The summed E-state index contributed by atoms with van der Waals surface area (Å²) < 4.78 is 0. The van der Waals surface area contributed by atoms with Crippen molar-refractivity contribution in [2.45, 2.75) is 6.92 Å². The van der Waals surface area contributed by atoms with Crippen molar-refractivity contribution < 1.29 is 4.79 Å². The van der Waals surface area contributed by atoms with Crippen molar-refractivity contribution in [3.8, 4) is 0 Å². The summed E-state index contributed by atoms with van der Waals surface area (Å²) in [5.74, 6) is 0. The standard InChI is InChI=1S/C9H12ClNO/c1-3-4-5-6-8(2)7-11-9(10)12/h3-6H,1,7H2,2H3,(H,11,12)/b5-4-,8-6+. The Labute approximate surface area is 77.6 Å². The average molecular weight is 186 g/mol. The predicted molar refractivity (Wildman–Crippen MR) is 52.3 cm³/mol. The quantitative estimate of drug-likeness (QED) is 0.407. The van der Waals surface area contributed by atoms with Gasteiger partial charge >= 0.3 is 5.37 Å². The zero-order chi connectivity index (χ0) is 9.40. The van der Waals surface area contributed by atoms with Crippen LogP contribution in [0.25, 0.3) is 0 Å². The van der Waals surface area contributed by atoms with E-state index < -0.39 is 5.37 Å². The Bertz CT molecular complexity index is 219. The summed E-state index contributed by atoms with van der Waals surface area (Å²) in [6.45, 7) is 5.90. The van der Waals surface area contributed by atoms with Crippen LogP contribution in [0.3, 0.4) is 0 Å². The molecule has 3 heteroatoms. The molecule has 0 fully saturated rings. The van der Waals surface area contributed by atoms with Gasteiger partial charge in [0, 0.05) is 6.54 Å². The van der Waals surface area contributed by atoms with Gasteiger partial charge in [-0.15, -0.1) is 0 Å². The lowest BCUT2D eigenvalue weighted by atomic mass is 10.2. The largest absolute Gasteiger partial charge is 0.339 e. The molecule has 1 N–H and O–H groups in total. The van der Waals surface area contributed by atoms with Crippen LogP contribution in [0, 0.1) is 0 Å². The van der Waals surface area contributed by atoms with Gasteiger partial charge in [-0.3, -0.25) is 4.79 Å². The SMILES string of the molecule is C=C/C=C\C=C(/C)CNC(=O)Cl. The molecule has 0 saturated carbocycles. The van der Waals surface area contributed by atoms with Gasteiger partial charge in [0.05, 0.1) is 0 Å². The zero-order valence-corrected chi connectivity index (χ0v) is 7.77. The van der Waals surface area contributed by atoms with E-state index >= 15 is 0 Å². The molecule has 0 heterocycles. The van der Waals surface area contributed by atoms with Crippen LogP contribution in [0.5, 0.6) is 0 Å². The minimum absolute atomic E-state index is 0.476. The van der Waals surface area contributed by atoms with Gasteiger partial charge in [-0.2, -0.15) is 0 Å². The first-order chi connectivity index (χ1) is 5.66. The summed E-state index contributed by atoms with van der Waals surface area (Å²) in [6, 6.07) is 0. The zero-order valence-electron chi connectivity index (χ0n) is 7.01. The van der Waals surface area contributed by atoms with E-state index in [-0.39, 0.29) is 0 Å². The lowest BCUT2D eigenvalue weighted by Gasteiger charge is -1.98. The number of carbonyl (C=O) groups excluding carboxylic acids is 1. The number of allylic oxidation sites excluding steroid dienone is 4. The van der Waals surface area contributed by atoms with Crippen molar-refractivity contribution in [3.05, 3.63) is 36.5 Å². The summed E-state index contributed by atoms with van der Waals surface area (Å²) in [5.41, 5.74) is 1.03. The van der Waals surface area contributed by atoms with Gasteiger partial charge in [0.25, 0.3) is 0 Å². The van der Waals surface area contributed by atoms with Crippen LogP contribution in [0.4, 0.5) is 4.79 Å². The highest BCUT2D eigenvalue weighted by atomic mass is 35.5. The predicted octanol–water partition coefficient (Wildman–Crippen LogP) is 2.62. The highest BCUT2D eigenvalue weighted by molar-refractivity contribution is 6.62. The average Bonchev–Trinajstić information content (AvgIpc) is 2.01. The summed E-state index contributed by atoms with van der Waals surface area (Å²) in [4.78, 5) is 10.3. The molecular weight excluding hydrogens is 174 g/mol. The van der Waals surface area contributed by atoms with E-state index in [9.17, 15) is 4.79 Å². The van der Waals surface area contributed by atoms with Crippen molar-refractivity contribution in [3.63, 3.8) is 0 Å². The van der Waals surface area contributed by atoms with Gasteiger partial charge in [-0.25, -0.2) is 0 Å². The van der Waals surface area contributed by atoms with Gasteiger partial charge < -0.3 is 5.32 Å². The molecule has 0 aliphatic carbocycles. The number of halogens is 1. The summed E-state index contributed by atoms with van der Waals surface area (Å²) >= 11 is 5.07. The molecule has 0 unspecified atom stereocenters. The Kier molecular flexibility index (Phi) is 6.11. The van der Waals surface area contributed by atoms with Crippen LogP contribution in [-0.2, 0) is 0 Å². The number of hydrogen-bond acceptors (Lipinski definition) is 1. The molecule has 0 aromatic rings. The van der Waals surface area contributed by atoms with Crippen LogP contribution in [0.15, 0.2) is 36.5 Å². The molecule has 12 heavy (non-hydrogen) atoms. The normalized spacial score (nSPS) is 11.7. The topological polar surface area (TPSA) is 29.1 Å². The number of carbonyl (C=O) groups is 1. The Hall–Kier alpha value is -1.02. The molecule has 0 saturated heterocycles. The van der Waals surface area contributed by atoms with Gasteiger partial charge in [0.1, 0.15) is 0 Å². The molecule has 0 atom stereocenters. The van der Waals surface area contributed by atoms with E-state index in [0.717, 1.165) is 5.57 Å². The van der Waals surface area contributed by atoms with E-state index in [4.69, 9.17) is 11.6 Å². The first-order valence-corrected chi connectivity index (χ1v) is 3.93. The molecule has 66 valence electrons. The van der Waals surface area contributed by atoms with E-state index in [1.807, 2.05) is 25.2 Å². The second-order valence-electron chi connectivity index (χ2n) is 2.26. The molecule has 0 aromatic heterocycles. The molecule has 1 amide bonds. The van der Waals surface area contributed by atoms with Crippen molar-refractivity contribution in [1.82, 2.24) is 5.32 Å².